The van der Waals surface area contributed by atoms with Crippen LogP contribution in [0.15, 0.2) is 11.3 Å². The fourth-order valence-electron chi connectivity index (χ4n) is 2.47. The molecule has 1 aromatic heterocycles. The van der Waals surface area contributed by atoms with Crippen molar-refractivity contribution in [3.8, 4) is 0 Å². The summed E-state index contributed by atoms with van der Waals surface area (Å²) in [7, 11) is 1.83. The van der Waals surface area contributed by atoms with E-state index < -0.39 is 0 Å². The third-order valence-corrected chi connectivity index (χ3v) is 3.82. The lowest BCUT2D eigenvalue weighted by molar-refractivity contribution is 0.363. The smallest absolute Gasteiger partial charge is 0.191 e. The molecule has 0 spiro atoms. The maximum absolute atomic E-state index is 4.30. The van der Waals surface area contributed by atoms with Crippen molar-refractivity contribution in [1.29, 1.82) is 0 Å². The Labute approximate surface area is 130 Å². The molecular weight excluding hydrogens is 355 g/mol. The number of guanidine groups is 1. The molecule has 0 radical (unpaired) electrons. The zero-order valence-electron chi connectivity index (χ0n) is 11.2. The Morgan fingerprint density at radius 2 is 2.11 bits per heavy atom. The lowest BCUT2D eigenvalue weighted by atomic mass is 9.93. The summed E-state index contributed by atoms with van der Waals surface area (Å²) in [5, 5.41) is 11.2. The van der Waals surface area contributed by atoms with Gasteiger partial charge in [-0.3, -0.25) is 4.99 Å². The van der Waals surface area contributed by atoms with Crippen molar-refractivity contribution >= 4 is 29.9 Å². The number of nitrogens with one attached hydrogen (secondary N) is 2. The lowest BCUT2D eigenvalue weighted by Crippen LogP contribution is -2.51. The maximum Gasteiger partial charge on any atom is 0.191 e. The third kappa shape index (κ3) is 3.37. The Morgan fingerprint density at radius 3 is 2.79 bits per heavy atom. The minimum absolute atomic E-state index is 0. The Bertz CT molecular complexity index is 439. The Balaban J connectivity index is 0.00000133. The maximum atomic E-state index is 4.30. The molecule has 19 heavy (non-hydrogen) atoms. The molecule has 2 aliphatic rings. The first-order valence-corrected chi connectivity index (χ1v) is 6.71. The highest BCUT2D eigenvalue weighted by Crippen LogP contribution is 2.18. The number of aryl methyl sites for hydroxylation is 1. The number of aromatic nitrogens is 3. The van der Waals surface area contributed by atoms with Crippen molar-refractivity contribution in [3.63, 3.8) is 0 Å². The molecule has 1 saturated carbocycles. The number of hydrogen-bond acceptors (Lipinski definition) is 3. The Hall–Kier alpha value is -0.860. The summed E-state index contributed by atoms with van der Waals surface area (Å²) in [6.45, 7) is 0.876. The molecule has 106 valence electrons. The van der Waals surface area contributed by atoms with Crippen LogP contribution in [0.2, 0.25) is 0 Å². The number of rotatable bonds is 2. The van der Waals surface area contributed by atoms with Crippen LogP contribution in [-0.2, 0) is 13.0 Å². The molecule has 3 rings (SSSR count). The van der Waals surface area contributed by atoms with Gasteiger partial charge in [-0.1, -0.05) is 0 Å². The second-order valence-corrected chi connectivity index (χ2v) is 5.08. The average molecular weight is 376 g/mol. The minimum Gasteiger partial charge on any atom is -0.354 e. The fourth-order valence-corrected chi connectivity index (χ4v) is 2.47. The van der Waals surface area contributed by atoms with E-state index in [1.165, 1.54) is 19.3 Å². The largest absolute Gasteiger partial charge is 0.354 e. The fraction of sp³-hybridized carbons (Fsp3) is 0.750. The molecule has 2 N–H and O–H groups in total. The van der Waals surface area contributed by atoms with Crippen LogP contribution >= 0.6 is 24.0 Å². The van der Waals surface area contributed by atoms with Crippen LogP contribution < -0.4 is 10.6 Å². The zero-order valence-corrected chi connectivity index (χ0v) is 13.5. The van der Waals surface area contributed by atoms with Crippen molar-refractivity contribution in [3.05, 3.63) is 12.2 Å². The normalized spacial score (nSPS) is 23.0. The molecule has 1 atom stereocenters. The topological polar surface area (TPSA) is 67.1 Å². The van der Waals surface area contributed by atoms with Crippen molar-refractivity contribution in [2.24, 2.45) is 4.99 Å². The first-order valence-electron chi connectivity index (χ1n) is 6.71. The van der Waals surface area contributed by atoms with E-state index in [-0.39, 0.29) is 24.0 Å². The summed E-state index contributed by atoms with van der Waals surface area (Å²) in [6.07, 6.45) is 7.57. The number of halogens is 1. The van der Waals surface area contributed by atoms with Crippen LogP contribution in [-0.4, -0.2) is 39.9 Å². The molecule has 6 nitrogen and oxygen atoms in total. The second kappa shape index (κ2) is 6.53. The van der Waals surface area contributed by atoms with E-state index in [4.69, 9.17) is 0 Å². The van der Waals surface area contributed by atoms with Gasteiger partial charge < -0.3 is 10.6 Å². The summed E-state index contributed by atoms with van der Waals surface area (Å²) in [5.74, 6) is 2.02. The highest BCUT2D eigenvalue weighted by molar-refractivity contribution is 14.0. The zero-order chi connectivity index (χ0) is 12.4. The van der Waals surface area contributed by atoms with Crippen LogP contribution in [0.1, 0.15) is 31.5 Å². The molecule has 0 amide bonds. The minimum atomic E-state index is 0. The molecule has 1 aliphatic carbocycles. The Morgan fingerprint density at radius 1 is 1.32 bits per heavy atom. The molecule has 2 heterocycles. The lowest BCUT2D eigenvalue weighted by Gasteiger charge is -2.31. The molecule has 0 bridgehead atoms. The van der Waals surface area contributed by atoms with Gasteiger partial charge >= 0.3 is 0 Å². The molecule has 1 fully saturated rings. The van der Waals surface area contributed by atoms with E-state index >= 15 is 0 Å². The summed E-state index contributed by atoms with van der Waals surface area (Å²) >= 11 is 0. The van der Waals surface area contributed by atoms with Gasteiger partial charge in [0.15, 0.2) is 5.96 Å². The second-order valence-electron chi connectivity index (χ2n) is 5.08. The van der Waals surface area contributed by atoms with Crippen molar-refractivity contribution < 1.29 is 0 Å². The average Bonchev–Trinajstić information content (AvgIpc) is 2.79. The summed E-state index contributed by atoms with van der Waals surface area (Å²) in [5.41, 5.74) is 0. The molecule has 0 aromatic carbocycles. The monoisotopic (exact) mass is 376 g/mol. The summed E-state index contributed by atoms with van der Waals surface area (Å²) in [4.78, 5) is 8.54. The van der Waals surface area contributed by atoms with Gasteiger partial charge in [0.1, 0.15) is 12.2 Å². The van der Waals surface area contributed by atoms with Gasteiger partial charge in [-0.15, -0.1) is 24.0 Å². The molecule has 1 aromatic rings. The van der Waals surface area contributed by atoms with E-state index in [1.54, 1.807) is 6.33 Å². The van der Waals surface area contributed by atoms with Crippen molar-refractivity contribution in [2.45, 2.75) is 50.7 Å². The van der Waals surface area contributed by atoms with Crippen molar-refractivity contribution in [1.82, 2.24) is 25.4 Å². The third-order valence-electron chi connectivity index (χ3n) is 3.82. The quantitative estimate of drug-likeness (QED) is 0.458. The number of hydrogen-bond donors (Lipinski definition) is 2. The van der Waals surface area contributed by atoms with Crippen LogP contribution in [0, 0.1) is 0 Å². The summed E-state index contributed by atoms with van der Waals surface area (Å²) < 4.78 is 1.98. The molecule has 1 unspecified atom stereocenters. The predicted molar refractivity (Wildman–Crippen MR) is 84.8 cm³/mol. The van der Waals surface area contributed by atoms with E-state index in [0.29, 0.717) is 12.1 Å². The Kier molecular flexibility index (Phi) is 5.00. The highest BCUT2D eigenvalue weighted by Gasteiger charge is 2.23. The van der Waals surface area contributed by atoms with Crippen LogP contribution in [0.3, 0.4) is 0 Å². The van der Waals surface area contributed by atoms with Crippen LogP contribution in [0.5, 0.6) is 0 Å². The van der Waals surface area contributed by atoms with Crippen LogP contribution in [0.4, 0.5) is 0 Å². The summed E-state index contributed by atoms with van der Waals surface area (Å²) in [6, 6.07) is 1.01. The van der Waals surface area contributed by atoms with Gasteiger partial charge in [-0.05, 0) is 25.7 Å². The van der Waals surface area contributed by atoms with Crippen LogP contribution in [0.25, 0.3) is 0 Å². The SMILES string of the molecule is CN=C(NC1CCC1)NC1CCc2ncnn2C1.I. The number of aliphatic imine (C=N–C) groups is 1. The highest BCUT2D eigenvalue weighted by atomic mass is 127. The first-order chi connectivity index (χ1) is 8.85. The predicted octanol–water partition coefficient (Wildman–Crippen LogP) is 0.928. The first kappa shape index (κ1) is 14.5. The van der Waals surface area contributed by atoms with E-state index in [2.05, 4.69) is 25.7 Å². The van der Waals surface area contributed by atoms with Gasteiger partial charge in [0.25, 0.3) is 0 Å². The molecule has 1 aliphatic heterocycles. The van der Waals surface area contributed by atoms with Gasteiger partial charge in [-0.2, -0.15) is 5.10 Å². The van der Waals surface area contributed by atoms with Gasteiger partial charge in [0.05, 0.1) is 6.54 Å². The van der Waals surface area contributed by atoms with Gasteiger partial charge in [0.2, 0.25) is 0 Å². The van der Waals surface area contributed by atoms with Gasteiger partial charge in [0, 0.05) is 25.6 Å². The van der Waals surface area contributed by atoms with E-state index in [9.17, 15) is 0 Å². The molecule has 0 saturated heterocycles. The van der Waals surface area contributed by atoms with Crippen molar-refractivity contribution in [2.75, 3.05) is 7.05 Å². The molecular formula is C12H21IN6. The van der Waals surface area contributed by atoms with Gasteiger partial charge in [-0.25, -0.2) is 9.67 Å². The standard InChI is InChI=1S/C12H20N6.HI/c1-13-12(16-9-3-2-4-9)17-10-5-6-11-14-8-15-18(11)7-10;/h8-10H,2-7H2,1H3,(H2,13,16,17);1H. The molecule has 7 heteroatoms. The van der Waals surface area contributed by atoms with E-state index in [1.807, 2.05) is 11.7 Å². The number of fused-ring (bicyclic) bond motifs is 1. The van der Waals surface area contributed by atoms with E-state index in [0.717, 1.165) is 31.2 Å². The number of nitrogens with zero attached hydrogens (tertiary/aromatic N) is 4.